The Bertz CT molecular complexity index is 1240. The lowest BCUT2D eigenvalue weighted by atomic mass is 10.1. The van der Waals surface area contributed by atoms with Crippen molar-refractivity contribution in [2.24, 2.45) is 0 Å². The SMILES string of the molecule is CCCC/C=C\C/C=C\CCCCCCCC(=O)OCC(COC(=O)CCCCCCCCCCC/C=C\C/C=C\CCCCC)OC(=O)CCCCCCC/C=C\C/C=C\CCCCC. The second kappa shape index (κ2) is 54.5. The van der Waals surface area contributed by atoms with Gasteiger partial charge in [-0.2, -0.15) is 0 Å². The van der Waals surface area contributed by atoms with Gasteiger partial charge in [0.1, 0.15) is 13.2 Å². The second-order valence-corrected chi connectivity index (χ2v) is 18.5. The van der Waals surface area contributed by atoms with E-state index in [4.69, 9.17) is 14.2 Å². The first-order chi connectivity index (χ1) is 32.5. The second-order valence-electron chi connectivity index (χ2n) is 18.5. The quantitative estimate of drug-likeness (QED) is 0.0262. The third kappa shape index (κ3) is 51.8. The molecular weight excluding hydrogens is 817 g/mol. The first-order valence-corrected chi connectivity index (χ1v) is 27.9. The minimum Gasteiger partial charge on any atom is -0.462 e. The Morgan fingerprint density at radius 1 is 0.303 bits per heavy atom. The fourth-order valence-corrected chi connectivity index (χ4v) is 7.64. The number of carbonyl (C=O) groups excluding carboxylic acids is 3. The van der Waals surface area contributed by atoms with Crippen LogP contribution in [-0.2, 0) is 28.6 Å². The Balaban J connectivity index is 4.40. The third-order valence-electron chi connectivity index (χ3n) is 11.9. The molecular formula is C60H104O6. The summed E-state index contributed by atoms with van der Waals surface area (Å²) in [7, 11) is 0. The molecule has 0 bridgehead atoms. The van der Waals surface area contributed by atoms with Crippen LogP contribution in [0.4, 0.5) is 0 Å². The van der Waals surface area contributed by atoms with Crippen molar-refractivity contribution in [3.8, 4) is 0 Å². The van der Waals surface area contributed by atoms with Crippen molar-refractivity contribution in [2.45, 2.75) is 277 Å². The number of allylic oxidation sites excluding steroid dienone is 12. The zero-order valence-corrected chi connectivity index (χ0v) is 43.4. The maximum atomic E-state index is 12.8. The summed E-state index contributed by atoms with van der Waals surface area (Å²) in [6.07, 6.45) is 68.8. The van der Waals surface area contributed by atoms with Gasteiger partial charge in [0.05, 0.1) is 0 Å². The van der Waals surface area contributed by atoms with E-state index in [9.17, 15) is 14.4 Å². The predicted octanol–water partition coefficient (Wildman–Crippen LogP) is 18.6. The molecule has 0 aliphatic heterocycles. The Morgan fingerprint density at radius 2 is 0.561 bits per heavy atom. The normalized spacial score (nSPS) is 12.6. The average molecular weight is 921 g/mol. The molecule has 0 heterocycles. The fraction of sp³-hybridized carbons (Fsp3) is 0.750. The lowest BCUT2D eigenvalue weighted by Gasteiger charge is -2.18. The van der Waals surface area contributed by atoms with Crippen LogP contribution in [0.2, 0.25) is 0 Å². The first-order valence-electron chi connectivity index (χ1n) is 27.9. The van der Waals surface area contributed by atoms with Crippen molar-refractivity contribution in [2.75, 3.05) is 13.2 Å². The average Bonchev–Trinajstić information content (AvgIpc) is 3.31. The van der Waals surface area contributed by atoms with E-state index in [-0.39, 0.29) is 31.1 Å². The molecule has 6 heteroatoms. The minimum absolute atomic E-state index is 0.0877. The Labute approximate surface area is 408 Å². The maximum Gasteiger partial charge on any atom is 0.306 e. The lowest BCUT2D eigenvalue weighted by molar-refractivity contribution is -0.167. The number of hydrogen-bond donors (Lipinski definition) is 0. The van der Waals surface area contributed by atoms with Crippen molar-refractivity contribution >= 4 is 17.9 Å². The molecule has 0 aromatic heterocycles. The van der Waals surface area contributed by atoms with E-state index < -0.39 is 6.10 Å². The summed E-state index contributed by atoms with van der Waals surface area (Å²) in [6.45, 7) is 6.53. The van der Waals surface area contributed by atoms with E-state index in [1.807, 2.05) is 0 Å². The number of esters is 3. The zero-order chi connectivity index (χ0) is 47.9. The van der Waals surface area contributed by atoms with E-state index in [0.29, 0.717) is 19.3 Å². The number of unbranched alkanes of at least 4 members (excludes halogenated alkanes) is 27. The molecule has 0 aromatic rings. The summed E-state index contributed by atoms with van der Waals surface area (Å²) >= 11 is 0. The molecule has 380 valence electrons. The van der Waals surface area contributed by atoms with Gasteiger partial charge < -0.3 is 14.2 Å². The van der Waals surface area contributed by atoms with Crippen LogP contribution in [0.3, 0.4) is 0 Å². The van der Waals surface area contributed by atoms with Gasteiger partial charge in [0.15, 0.2) is 6.10 Å². The van der Waals surface area contributed by atoms with Gasteiger partial charge >= 0.3 is 17.9 Å². The Kier molecular flexibility index (Phi) is 51.9. The highest BCUT2D eigenvalue weighted by Crippen LogP contribution is 2.14. The summed E-state index contributed by atoms with van der Waals surface area (Å²) in [5.74, 6) is -0.914. The maximum absolute atomic E-state index is 12.8. The third-order valence-corrected chi connectivity index (χ3v) is 11.9. The largest absolute Gasteiger partial charge is 0.462 e. The molecule has 0 fully saturated rings. The highest BCUT2D eigenvalue weighted by molar-refractivity contribution is 5.71. The Morgan fingerprint density at radius 3 is 0.879 bits per heavy atom. The summed E-state index contributed by atoms with van der Waals surface area (Å²) < 4.78 is 16.8. The molecule has 0 saturated carbocycles. The van der Waals surface area contributed by atoms with Gasteiger partial charge in [-0.25, -0.2) is 0 Å². The summed E-state index contributed by atoms with van der Waals surface area (Å²) in [5, 5.41) is 0. The van der Waals surface area contributed by atoms with Crippen LogP contribution in [-0.4, -0.2) is 37.2 Å². The molecule has 1 atom stereocenters. The zero-order valence-electron chi connectivity index (χ0n) is 43.4. The number of carbonyl (C=O) groups is 3. The van der Waals surface area contributed by atoms with Crippen LogP contribution in [0.15, 0.2) is 72.9 Å². The number of hydrogen-bond acceptors (Lipinski definition) is 6. The van der Waals surface area contributed by atoms with Crippen LogP contribution in [0, 0.1) is 0 Å². The van der Waals surface area contributed by atoms with Gasteiger partial charge in [-0.1, -0.05) is 216 Å². The number of ether oxygens (including phenoxy) is 3. The molecule has 0 N–H and O–H groups in total. The molecule has 66 heavy (non-hydrogen) atoms. The van der Waals surface area contributed by atoms with Crippen molar-refractivity contribution in [3.63, 3.8) is 0 Å². The van der Waals surface area contributed by atoms with Gasteiger partial charge in [-0.05, 0) is 109 Å². The molecule has 1 unspecified atom stereocenters. The van der Waals surface area contributed by atoms with Crippen LogP contribution in [0.25, 0.3) is 0 Å². The molecule has 0 aliphatic rings. The van der Waals surface area contributed by atoms with Crippen molar-refractivity contribution in [1.82, 2.24) is 0 Å². The van der Waals surface area contributed by atoms with Crippen molar-refractivity contribution in [1.29, 1.82) is 0 Å². The van der Waals surface area contributed by atoms with Gasteiger partial charge in [0.25, 0.3) is 0 Å². The Hall–Kier alpha value is -3.15. The molecule has 0 saturated heterocycles. The van der Waals surface area contributed by atoms with Crippen LogP contribution in [0.1, 0.15) is 271 Å². The van der Waals surface area contributed by atoms with E-state index in [0.717, 1.165) is 116 Å². The molecule has 6 nitrogen and oxygen atoms in total. The smallest absolute Gasteiger partial charge is 0.306 e. The molecule has 0 spiro atoms. The van der Waals surface area contributed by atoms with E-state index in [1.54, 1.807) is 0 Å². The van der Waals surface area contributed by atoms with Crippen LogP contribution < -0.4 is 0 Å². The topological polar surface area (TPSA) is 78.9 Å². The van der Waals surface area contributed by atoms with Gasteiger partial charge in [0, 0.05) is 19.3 Å². The summed E-state index contributed by atoms with van der Waals surface area (Å²) in [6, 6.07) is 0. The van der Waals surface area contributed by atoms with Gasteiger partial charge in [0.2, 0.25) is 0 Å². The summed E-state index contributed by atoms with van der Waals surface area (Å²) in [5.41, 5.74) is 0. The van der Waals surface area contributed by atoms with Crippen molar-refractivity contribution < 1.29 is 28.6 Å². The highest BCUT2D eigenvalue weighted by atomic mass is 16.6. The summed E-state index contributed by atoms with van der Waals surface area (Å²) in [4.78, 5) is 38.1. The monoisotopic (exact) mass is 921 g/mol. The molecule has 0 aliphatic carbocycles. The van der Waals surface area contributed by atoms with Crippen LogP contribution in [0.5, 0.6) is 0 Å². The predicted molar refractivity (Wildman–Crippen MR) is 284 cm³/mol. The minimum atomic E-state index is -0.790. The first kappa shape index (κ1) is 62.8. The highest BCUT2D eigenvalue weighted by Gasteiger charge is 2.19. The van der Waals surface area contributed by atoms with Crippen molar-refractivity contribution in [3.05, 3.63) is 72.9 Å². The van der Waals surface area contributed by atoms with Gasteiger partial charge in [-0.3, -0.25) is 14.4 Å². The van der Waals surface area contributed by atoms with E-state index in [2.05, 4.69) is 93.7 Å². The number of rotatable bonds is 50. The van der Waals surface area contributed by atoms with Gasteiger partial charge in [-0.15, -0.1) is 0 Å². The lowest BCUT2D eigenvalue weighted by Crippen LogP contribution is -2.30. The molecule has 0 radical (unpaired) electrons. The molecule has 0 aromatic carbocycles. The van der Waals surface area contributed by atoms with E-state index >= 15 is 0 Å². The fourth-order valence-electron chi connectivity index (χ4n) is 7.64. The molecule has 0 rings (SSSR count). The standard InChI is InChI=1S/C60H104O6/c1-4-7-10-13-16-19-22-25-28-29-30-31-33-35-38-41-44-47-50-53-59(62)65-56-57(55-64-58(61)52-49-46-43-40-37-34-27-24-21-18-15-12-9-6-3)66-60(63)54-51-48-45-42-39-36-32-26-23-20-17-14-11-8-5-2/h15-20,24-28,32,57H,4-14,21-23,29-31,33-56H2,1-3H3/b18-15-,19-16-,20-17-,27-24-,28-25-,32-26-. The van der Waals surface area contributed by atoms with Crippen LogP contribution >= 0.6 is 0 Å². The molecule has 0 amide bonds. The van der Waals surface area contributed by atoms with E-state index in [1.165, 1.54) is 116 Å².